The molecule has 1 unspecified atom stereocenters. The molecule has 1 N–H and O–H groups in total. The van der Waals surface area contributed by atoms with Crippen LogP contribution in [0.5, 0.6) is 0 Å². The molecule has 4 heteroatoms. The van der Waals surface area contributed by atoms with Crippen LogP contribution in [0.4, 0.5) is 5.69 Å². The highest BCUT2D eigenvalue weighted by molar-refractivity contribution is 6.30. The third-order valence-corrected chi connectivity index (χ3v) is 2.74. The average Bonchev–Trinajstić information content (AvgIpc) is 2.22. The van der Waals surface area contributed by atoms with Crippen molar-refractivity contribution in [3.8, 4) is 0 Å². The Morgan fingerprint density at radius 1 is 1.47 bits per heavy atom. The first kappa shape index (κ1) is 10.5. The Bertz CT molecular complexity index is 381. The van der Waals surface area contributed by atoms with Crippen molar-refractivity contribution in [3.63, 3.8) is 0 Å². The Labute approximate surface area is 93.3 Å². The molecule has 0 aromatic heterocycles. The molecule has 1 aromatic carbocycles. The van der Waals surface area contributed by atoms with E-state index in [1.807, 2.05) is 6.07 Å². The molecular formula is C11H12ClNO2. The molecule has 1 atom stereocenters. The quantitative estimate of drug-likeness (QED) is 0.792. The van der Waals surface area contributed by atoms with Crippen molar-refractivity contribution in [3.05, 3.63) is 29.3 Å². The third kappa shape index (κ3) is 2.30. The van der Waals surface area contributed by atoms with Crippen LogP contribution in [0.15, 0.2) is 24.3 Å². The molecule has 0 radical (unpaired) electrons. The van der Waals surface area contributed by atoms with Gasteiger partial charge in [-0.3, -0.25) is 4.79 Å². The summed E-state index contributed by atoms with van der Waals surface area (Å²) in [5, 5.41) is 10.1. The van der Waals surface area contributed by atoms with Gasteiger partial charge in [-0.05, 0) is 24.6 Å². The molecule has 1 aliphatic rings. The summed E-state index contributed by atoms with van der Waals surface area (Å²) in [5.74, 6) is 0.0440. The first-order valence-electron chi connectivity index (χ1n) is 4.91. The van der Waals surface area contributed by atoms with Gasteiger partial charge >= 0.3 is 0 Å². The first-order valence-corrected chi connectivity index (χ1v) is 5.28. The van der Waals surface area contributed by atoms with Crippen LogP contribution in [0.1, 0.15) is 12.8 Å². The second-order valence-corrected chi connectivity index (χ2v) is 4.11. The van der Waals surface area contributed by atoms with Crippen molar-refractivity contribution in [2.24, 2.45) is 0 Å². The Balaban J connectivity index is 2.25. The van der Waals surface area contributed by atoms with Gasteiger partial charge in [0, 0.05) is 17.1 Å². The van der Waals surface area contributed by atoms with E-state index in [9.17, 15) is 9.90 Å². The number of piperidine rings is 1. The van der Waals surface area contributed by atoms with E-state index < -0.39 is 6.10 Å². The molecule has 0 bridgehead atoms. The van der Waals surface area contributed by atoms with Gasteiger partial charge in [0.05, 0.1) is 12.6 Å². The predicted molar refractivity (Wildman–Crippen MR) is 59.0 cm³/mol. The van der Waals surface area contributed by atoms with Crippen LogP contribution < -0.4 is 4.90 Å². The molecule has 2 rings (SSSR count). The molecule has 0 saturated carbocycles. The lowest BCUT2D eigenvalue weighted by atomic mass is 10.1. The van der Waals surface area contributed by atoms with E-state index in [0.29, 0.717) is 24.4 Å². The fraction of sp³-hybridized carbons (Fsp3) is 0.364. The smallest absolute Gasteiger partial charge is 0.227 e. The Hall–Kier alpha value is -1.06. The minimum absolute atomic E-state index is 0.0440. The molecule has 1 fully saturated rings. The number of carbonyl (C=O) groups is 1. The first-order chi connectivity index (χ1) is 7.16. The maximum Gasteiger partial charge on any atom is 0.227 e. The van der Waals surface area contributed by atoms with Crippen LogP contribution in [0, 0.1) is 0 Å². The fourth-order valence-corrected chi connectivity index (χ4v) is 1.91. The van der Waals surface area contributed by atoms with E-state index in [2.05, 4.69) is 0 Å². The summed E-state index contributed by atoms with van der Waals surface area (Å²) in [7, 11) is 0. The molecule has 15 heavy (non-hydrogen) atoms. The number of aliphatic hydroxyl groups is 1. The molecule has 3 nitrogen and oxygen atoms in total. The summed E-state index contributed by atoms with van der Waals surface area (Å²) in [6, 6.07) is 7.11. The maximum absolute atomic E-state index is 11.6. The largest absolute Gasteiger partial charge is 0.391 e. The Morgan fingerprint density at radius 2 is 2.27 bits per heavy atom. The zero-order chi connectivity index (χ0) is 10.8. The number of anilines is 1. The van der Waals surface area contributed by atoms with E-state index in [-0.39, 0.29) is 5.91 Å². The van der Waals surface area contributed by atoms with Gasteiger partial charge in [0.15, 0.2) is 0 Å². The number of carbonyl (C=O) groups excluding carboxylic acids is 1. The lowest BCUT2D eigenvalue weighted by molar-refractivity contribution is -0.121. The number of nitrogens with zero attached hydrogens (tertiary/aromatic N) is 1. The molecule has 0 aliphatic carbocycles. The SMILES string of the molecule is O=C1CCC(O)CN1c1cccc(Cl)c1. The molecule has 1 aromatic rings. The highest BCUT2D eigenvalue weighted by Crippen LogP contribution is 2.23. The van der Waals surface area contributed by atoms with Crippen LogP contribution in [-0.4, -0.2) is 23.7 Å². The van der Waals surface area contributed by atoms with Crippen molar-refractivity contribution in [2.45, 2.75) is 18.9 Å². The summed E-state index contributed by atoms with van der Waals surface area (Å²) in [6.45, 7) is 0.360. The molecule has 80 valence electrons. The second kappa shape index (κ2) is 4.21. The van der Waals surface area contributed by atoms with Gasteiger partial charge in [-0.15, -0.1) is 0 Å². The number of rotatable bonds is 1. The van der Waals surface area contributed by atoms with Gasteiger partial charge in [-0.1, -0.05) is 17.7 Å². The summed E-state index contributed by atoms with van der Waals surface area (Å²) >= 11 is 5.85. The molecule has 1 amide bonds. The zero-order valence-corrected chi connectivity index (χ0v) is 8.94. The Morgan fingerprint density at radius 3 is 3.00 bits per heavy atom. The molecular weight excluding hydrogens is 214 g/mol. The lowest BCUT2D eigenvalue weighted by Gasteiger charge is -2.30. The lowest BCUT2D eigenvalue weighted by Crippen LogP contribution is -2.42. The van der Waals surface area contributed by atoms with E-state index in [0.717, 1.165) is 5.69 Å². The maximum atomic E-state index is 11.6. The second-order valence-electron chi connectivity index (χ2n) is 3.68. The highest BCUT2D eigenvalue weighted by Gasteiger charge is 2.25. The summed E-state index contributed by atoms with van der Waals surface area (Å²) in [4.78, 5) is 13.2. The normalized spacial score (nSPS) is 21.9. The summed E-state index contributed by atoms with van der Waals surface area (Å²) < 4.78 is 0. The minimum Gasteiger partial charge on any atom is -0.391 e. The Kier molecular flexibility index (Phi) is 2.93. The number of amides is 1. The van der Waals surface area contributed by atoms with Crippen LogP contribution >= 0.6 is 11.6 Å². The molecule has 1 saturated heterocycles. The number of β-amino-alcohol motifs (C(OH)–C–C–N with tert-alkyl or cyclic N) is 1. The van der Waals surface area contributed by atoms with Crippen LogP contribution in [0.3, 0.4) is 0 Å². The van der Waals surface area contributed by atoms with E-state index in [1.54, 1.807) is 23.1 Å². The zero-order valence-electron chi connectivity index (χ0n) is 8.19. The van der Waals surface area contributed by atoms with Crippen molar-refractivity contribution < 1.29 is 9.90 Å². The standard InChI is InChI=1S/C11H12ClNO2/c12-8-2-1-3-9(6-8)13-7-10(14)4-5-11(13)15/h1-3,6,10,14H,4-5,7H2. The molecule has 0 spiro atoms. The van der Waals surface area contributed by atoms with Gasteiger partial charge in [-0.2, -0.15) is 0 Å². The van der Waals surface area contributed by atoms with E-state index >= 15 is 0 Å². The van der Waals surface area contributed by atoms with Gasteiger partial charge in [0.25, 0.3) is 0 Å². The highest BCUT2D eigenvalue weighted by atomic mass is 35.5. The number of benzene rings is 1. The van der Waals surface area contributed by atoms with Crippen LogP contribution in [-0.2, 0) is 4.79 Å². The number of hydrogen-bond donors (Lipinski definition) is 1. The van der Waals surface area contributed by atoms with Gasteiger partial charge in [0.1, 0.15) is 0 Å². The van der Waals surface area contributed by atoms with Gasteiger partial charge < -0.3 is 10.0 Å². The van der Waals surface area contributed by atoms with Crippen molar-refractivity contribution in [2.75, 3.05) is 11.4 Å². The van der Waals surface area contributed by atoms with Crippen molar-refractivity contribution in [1.82, 2.24) is 0 Å². The van der Waals surface area contributed by atoms with Gasteiger partial charge in [-0.25, -0.2) is 0 Å². The van der Waals surface area contributed by atoms with Crippen LogP contribution in [0.25, 0.3) is 0 Å². The molecule has 1 aliphatic heterocycles. The van der Waals surface area contributed by atoms with Gasteiger partial charge in [0.2, 0.25) is 5.91 Å². The van der Waals surface area contributed by atoms with E-state index in [4.69, 9.17) is 11.6 Å². The predicted octanol–water partition coefficient (Wildman–Crippen LogP) is 1.83. The summed E-state index contributed by atoms with van der Waals surface area (Å²) in [5.41, 5.74) is 0.756. The van der Waals surface area contributed by atoms with Crippen molar-refractivity contribution in [1.29, 1.82) is 0 Å². The van der Waals surface area contributed by atoms with Crippen LogP contribution in [0.2, 0.25) is 5.02 Å². The summed E-state index contributed by atoms with van der Waals surface area (Å²) in [6.07, 6.45) is 0.519. The topological polar surface area (TPSA) is 40.5 Å². The minimum atomic E-state index is -0.429. The van der Waals surface area contributed by atoms with Crippen molar-refractivity contribution >= 4 is 23.2 Å². The average molecular weight is 226 g/mol. The number of aliphatic hydroxyl groups excluding tert-OH is 1. The molecule has 1 heterocycles. The monoisotopic (exact) mass is 225 g/mol. The number of hydrogen-bond acceptors (Lipinski definition) is 2. The number of halogens is 1. The third-order valence-electron chi connectivity index (χ3n) is 2.51. The van der Waals surface area contributed by atoms with E-state index in [1.165, 1.54) is 0 Å². The fourth-order valence-electron chi connectivity index (χ4n) is 1.72.